The second kappa shape index (κ2) is 14.2. The van der Waals surface area contributed by atoms with Crippen molar-refractivity contribution in [2.45, 2.75) is 95.9 Å². The first-order valence-electron chi connectivity index (χ1n) is 16.7. The Balaban J connectivity index is 1.37. The van der Waals surface area contributed by atoms with E-state index in [-0.39, 0.29) is 48.1 Å². The van der Waals surface area contributed by atoms with Crippen LogP contribution in [0.3, 0.4) is 0 Å². The SMILES string of the molecule is C=CCCC(NC(=O)[C@@H]1[C@H]2[C@@H](CN1C(=O)[C@@H](NC(=O)OC1CCCCC1)C1Cc3ccccc3C1)C2(C)C)C(=O)C(=O)NCC=C. The number of hydrogen-bond acceptors (Lipinski definition) is 6. The fourth-order valence-corrected chi connectivity index (χ4v) is 7.92. The number of fused-ring (bicyclic) bond motifs is 2. The maximum atomic E-state index is 14.5. The van der Waals surface area contributed by atoms with Gasteiger partial charge in [-0.3, -0.25) is 19.2 Å². The van der Waals surface area contributed by atoms with Gasteiger partial charge in [0, 0.05) is 13.1 Å². The highest BCUT2D eigenvalue weighted by atomic mass is 16.6. The van der Waals surface area contributed by atoms with Crippen LogP contribution >= 0.6 is 0 Å². The van der Waals surface area contributed by atoms with Gasteiger partial charge < -0.3 is 25.6 Å². The number of alkyl carbamates (subject to hydrolysis) is 1. The summed E-state index contributed by atoms with van der Waals surface area (Å²) in [4.78, 5) is 69.1. The molecule has 3 fully saturated rings. The normalized spacial score (nSPS) is 24.5. The van der Waals surface area contributed by atoms with E-state index in [1.165, 1.54) is 6.08 Å². The number of likely N-dealkylation sites (tertiary alicyclic amines) is 1. The van der Waals surface area contributed by atoms with Gasteiger partial charge in [0.25, 0.3) is 5.91 Å². The van der Waals surface area contributed by atoms with Crippen LogP contribution < -0.4 is 16.0 Å². The van der Waals surface area contributed by atoms with Crippen molar-refractivity contribution in [2.75, 3.05) is 13.1 Å². The number of allylic oxidation sites excluding steroid dienone is 1. The summed E-state index contributed by atoms with van der Waals surface area (Å²) in [6, 6.07) is 5.24. The number of carbonyl (C=O) groups excluding carboxylic acids is 5. The number of nitrogens with zero attached hydrogens (tertiary/aromatic N) is 1. The van der Waals surface area contributed by atoms with Crippen molar-refractivity contribution in [2.24, 2.45) is 23.2 Å². The van der Waals surface area contributed by atoms with Crippen LogP contribution in [-0.2, 0) is 36.8 Å². The van der Waals surface area contributed by atoms with Gasteiger partial charge in [0.05, 0.1) is 6.04 Å². The molecule has 46 heavy (non-hydrogen) atoms. The van der Waals surface area contributed by atoms with E-state index >= 15 is 0 Å². The topological polar surface area (TPSA) is 134 Å². The molecule has 2 saturated carbocycles. The fourth-order valence-electron chi connectivity index (χ4n) is 7.92. The summed E-state index contributed by atoms with van der Waals surface area (Å²) >= 11 is 0. The molecule has 0 bridgehead atoms. The molecule has 0 spiro atoms. The van der Waals surface area contributed by atoms with Gasteiger partial charge in [0.1, 0.15) is 18.2 Å². The zero-order valence-corrected chi connectivity index (χ0v) is 27.1. The summed E-state index contributed by atoms with van der Waals surface area (Å²) in [7, 11) is 0. The highest BCUT2D eigenvalue weighted by Gasteiger charge is 2.69. The molecule has 1 saturated heterocycles. The Morgan fingerprint density at radius 1 is 1.00 bits per heavy atom. The largest absolute Gasteiger partial charge is 0.446 e. The van der Waals surface area contributed by atoms with Gasteiger partial charge in [-0.15, -0.1) is 13.2 Å². The molecule has 1 aliphatic heterocycles. The summed E-state index contributed by atoms with van der Waals surface area (Å²) in [6.45, 7) is 11.9. The Kier molecular flexibility index (Phi) is 10.3. The number of benzene rings is 1. The second-order valence-corrected chi connectivity index (χ2v) is 13.9. The summed E-state index contributed by atoms with van der Waals surface area (Å²) in [5.74, 6) is -2.57. The number of amides is 4. The number of Topliss-reactive ketones (excluding diaryl/α,β-unsaturated/α-hetero) is 1. The molecule has 1 aromatic carbocycles. The molecule has 0 aromatic heterocycles. The lowest BCUT2D eigenvalue weighted by atomic mass is 9.93. The Labute approximate surface area is 271 Å². The first-order valence-corrected chi connectivity index (χ1v) is 16.7. The lowest BCUT2D eigenvalue weighted by Crippen LogP contribution is -2.59. The number of ether oxygens (including phenoxy) is 1. The third kappa shape index (κ3) is 7.05. The quantitative estimate of drug-likeness (QED) is 0.225. The summed E-state index contributed by atoms with van der Waals surface area (Å²) < 4.78 is 5.79. The van der Waals surface area contributed by atoms with Gasteiger partial charge in [-0.25, -0.2) is 4.79 Å². The van der Waals surface area contributed by atoms with Gasteiger partial charge in [-0.05, 0) is 85.7 Å². The van der Waals surface area contributed by atoms with E-state index in [0.29, 0.717) is 25.8 Å². The average Bonchev–Trinajstić information content (AvgIpc) is 3.40. The van der Waals surface area contributed by atoms with Crippen molar-refractivity contribution < 1.29 is 28.7 Å². The summed E-state index contributed by atoms with van der Waals surface area (Å²) in [5.41, 5.74) is 2.11. The molecule has 1 heterocycles. The number of carbonyl (C=O) groups is 5. The lowest BCUT2D eigenvalue weighted by Gasteiger charge is -2.35. The molecule has 10 nitrogen and oxygen atoms in total. The van der Waals surface area contributed by atoms with Crippen LogP contribution in [0.25, 0.3) is 0 Å². The molecular formula is C36H48N4O6. The zero-order valence-electron chi connectivity index (χ0n) is 27.1. The number of hydrogen-bond donors (Lipinski definition) is 3. The molecule has 4 aliphatic rings. The molecule has 3 N–H and O–H groups in total. The molecule has 1 unspecified atom stereocenters. The van der Waals surface area contributed by atoms with Gasteiger partial charge in [0.2, 0.25) is 17.6 Å². The molecule has 1 aromatic rings. The van der Waals surface area contributed by atoms with Crippen LogP contribution in [0.4, 0.5) is 4.79 Å². The monoisotopic (exact) mass is 632 g/mol. The molecular weight excluding hydrogens is 584 g/mol. The Bertz CT molecular complexity index is 1340. The standard InChI is InChI=1S/C36H48N4O6/c1-5-7-17-27(31(41)33(43)37-18-6-2)38-32(42)30-28-26(36(28,3)4)21-40(30)34(44)29(24-19-22-13-11-12-14-23(22)20-24)39-35(45)46-25-15-9-8-10-16-25/h5-6,11-14,24-30H,1-2,7-10,15-21H2,3-4H3,(H,37,43)(H,38,42)(H,39,45)/t26-,27?,28-,29+,30+/m1/s1. The van der Waals surface area contributed by atoms with Crippen LogP contribution in [0.2, 0.25) is 0 Å². The Morgan fingerprint density at radius 3 is 2.30 bits per heavy atom. The molecule has 4 amide bonds. The predicted octanol–water partition coefficient (Wildman–Crippen LogP) is 3.63. The van der Waals surface area contributed by atoms with E-state index in [1.807, 2.05) is 24.3 Å². The van der Waals surface area contributed by atoms with E-state index in [9.17, 15) is 24.0 Å². The molecule has 248 valence electrons. The fraction of sp³-hybridized carbons (Fsp3) is 0.583. The van der Waals surface area contributed by atoms with E-state index in [4.69, 9.17) is 4.74 Å². The van der Waals surface area contributed by atoms with Crippen molar-refractivity contribution in [3.05, 3.63) is 60.7 Å². The van der Waals surface area contributed by atoms with Crippen LogP contribution in [0.1, 0.15) is 69.9 Å². The lowest BCUT2D eigenvalue weighted by molar-refractivity contribution is -0.144. The van der Waals surface area contributed by atoms with Crippen LogP contribution in [0, 0.1) is 23.2 Å². The molecule has 10 heteroatoms. The molecule has 5 atom stereocenters. The number of piperidine rings is 1. The Hall–Kier alpha value is -3.95. The van der Waals surface area contributed by atoms with Crippen molar-refractivity contribution in [1.29, 1.82) is 0 Å². The van der Waals surface area contributed by atoms with Gasteiger partial charge in [-0.2, -0.15) is 0 Å². The van der Waals surface area contributed by atoms with Crippen LogP contribution in [0.5, 0.6) is 0 Å². The maximum absolute atomic E-state index is 14.5. The van der Waals surface area contributed by atoms with Crippen LogP contribution in [0.15, 0.2) is 49.6 Å². The van der Waals surface area contributed by atoms with Crippen molar-refractivity contribution in [3.63, 3.8) is 0 Å². The summed E-state index contributed by atoms with van der Waals surface area (Å²) in [6.07, 6.45) is 8.94. The molecule has 0 radical (unpaired) electrons. The maximum Gasteiger partial charge on any atom is 0.408 e. The first kappa shape index (κ1) is 33.4. The third-order valence-corrected chi connectivity index (χ3v) is 10.6. The second-order valence-electron chi connectivity index (χ2n) is 13.9. The smallest absolute Gasteiger partial charge is 0.408 e. The molecule has 5 rings (SSSR count). The van der Waals surface area contributed by atoms with Crippen molar-refractivity contribution >= 4 is 29.6 Å². The van der Waals surface area contributed by atoms with E-state index < -0.39 is 41.8 Å². The number of nitrogens with one attached hydrogen (secondary N) is 3. The van der Waals surface area contributed by atoms with Gasteiger partial charge >= 0.3 is 6.09 Å². The van der Waals surface area contributed by atoms with E-state index in [1.54, 1.807) is 11.0 Å². The highest BCUT2D eigenvalue weighted by Crippen LogP contribution is 2.65. The summed E-state index contributed by atoms with van der Waals surface area (Å²) in [5, 5.41) is 8.25. The Morgan fingerprint density at radius 2 is 1.67 bits per heavy atom. The minimum absolute atomic E-state index is 0.0982. The van der Waals surface area contributed by atoms with Crippen molar-refractivity contribution in [3.8, 4) is 0 Å². The van der Waals surface area contributed by atoms with Crippen LogP contribution in [-0.4, -0.2) is 71.8 Å². The van der Waals surface area contributed by atoms with E-state index in [0.717, 1.165) is 43.2 Å². The third-order valence-electron chi connectivity index (χ3n) is 10.6. The molecule has 3 aliphatic carbocycles. The van der Waals surface area contributed by atoms with E-state index in [2.05, 4.69) is 43.0 Å². The minimum atomic E-state index is -1.07. The van der Waals surface area contributed by atoms with Gasteiger partial charge in [0.15, 0.2) is 0 Å². The zero-order chi connectivity index (χ0) is 33.0. The first-order chi connectivity index (χ1) is 22.1. The predicted molar refractivity (Wildman–Crippen MR) is 173 cm³/mol. The number of rotatable bonds is 13. The number of ketones is 1. The van der Waals surface area contributed by atoms with Crippen molar-refractivity contribution in [1.82, 2.24) is 20.9 Å². The minimum Gasteiger partial charge on any atom is -0.446 e. The average molecular weight is 633 g/mol. The van der Waals surface area contributed by atoms with Gasteiger partial charge in [-0.1, -0.05) is 56.7 Å². The highest BCUT2D eigenvalue weighted by molar-refractivity contribution is 6.38.